The van der Waals surface area contributed by atoms with Gasteiger partial charge >= 0.3 is 0 Å². The van der Waals surface area contributed by atoms with E-state index in [9.17, 15) is 9.59 Å². The average molecular weight is 254 g/mol. The summed E-state index contributed by atoms with van der Waals surface area (Å²) in [4.78, 5) is 23.7. The summed E-state index contributed by atoms with van der Waals surface area (Å²) in [6.45, 7) is 0. The van der Waals surface area contributed by atoms with Crippen LogP contribution in [0.1, 0.15) is 29.9 Å². The highest BCUT2D eigenvalue weighted by atomic mass is 16.5. The molecule has 1 saturated carbocycles. The molecule has 0 spiro atoms. The minimum atomic E-state index is -0.261. The molecule has 3 heteroatoms. The molecule has 96 valence electrons. The van der Waals surface area contributed by atoms with E-state index in [1.165, 1.54) is 37.7 Å². The van der Waals surface area contributed by atoms with Gasteiger partial charge in [0.2, 0.25) is 5.78 Å². The molecule has 1 aromatic rings. The third kappa shape index (κ3) is 2.24. The number of benzene rings is 1. The summed E-state index contributed by atoms with van der Waals surface area (Å²) in [5.74, 6) is 0.342. The summed E-state index contributed by atoms with van der Waals surface area (Å²) >= 11 is 0. The number of rotatable bonds is 3. The van der Waals surface area contributed by atoms with E-state index in [4.69, 9.17) is 4.74 Å². The van der Waals surface area contributed by atoms with Crippen LogP contribution in [-0.4, -0.2) is 18.7 Å². The van der Waals surface area contributed by atoms with Crippen LogP contribution in [0.15, 0.2) is 42.2 Å². The maximum Gasteiger partial charge on any atom is 0.221 e. The first kappa shape index (κ1) is 11.9. The second kappa shape index (κ2) is 4.50. The van der Waals surface area contributed by atoms with Crippen molar-refractivity contribution >= 4 is 17.1 Å². The quantitative estimate of drug-likeness (QED) is 0.779. The number of hydrogen-bond donors (Lipinski definition) is 0. The Labute approximate surface area is 111 Å². The molecule has 0 radical (unpaired) electrons. The van der Waals surface area contributed by atoms with Crippen molar-refractivity contribution < 1.29 is 14.3 Å². The number of carbonyl (C=O) groups is 2. The Bertz CT molecular complexity index is 601. The maximum atomic E-state index is 12.0. The summed E-state index contributed by atoms with van der Waals surface area (Å²) in [6, 6.07) is 7.91. The second-order valence-corrected chi connectivity index (χ2v) is 4.90. The lowest BCUT2D eigenvalue weighted by Crippen LogP contribution is -2.13. The Balaban J connectivity index is 1.89. The van der Waals surface area contributed by atoms with E-state index in [1.807, 2.05) is 24.3 Å². The van der Waals surface area contributed by atoms with Gasteiger partial charge < -0.3 is 4.74 Å². The lowest BCUT2D eigenvalue weighted by atomic mass is 9.94. The van der Waals surface area contributed by atoms with Crippen molar-refractivity contribution in [2.45, 2.75) is 18.8 Å². The second-order valence-electron chi connectivity index (χ2n) is 4.90. The van der Waals surface area contributed by atoms with Gasteiger partial charge in [-0.1, -0.05) is 24.3 Å². The fourth-order valence-corrected chi connectivity index (χ4v) is 2.28. The highest BCUT2D eigenvalue weighted by Gasteiger charge is 2.25. The summed E-state index contributed by atoms with van der Waals surface area (Å²) in [5, 5.41) is 0. The molecule has 0 bridgehead atoms. The molecular weight excluding hydrogens is 240 g/mol. The van der Waals surface area contributed by atoms with Crippen molar-refractivity contribution in [3.8, 4) is 0 Å². The minimum Gasteiger partial charge on any atom is -0.493 e. The Morgan fingerprint density at radius 3 is 2.26 bits per heavy atom. The SMILES string of the molecule is COC1=CC(=O)C(c2ccc(C3CC3)cc2)=CC1=O. The van der Waals surface area contributed by atoms with E-state index in [1.54, 1.807) is 0 Å². The van der Waals surface area contributed by atoms with Gasteiger partial charge in [0.05, 0.1) is 7.11 Å². The topological polar surface area (TPSA) is 43.4 Å². The van der Waals surface area contributed by atoms with Gasteiger partial charge in [-0.05, 0) is 29.9 Å². The smallest absolute Gasteiger partial charge is 0.221 e. The molecular formula is C16H14O3. The van der Waals surface area contributed by atoms with Crippen molar-refractivity contribution in [2.24, 2.45) is 0 Å². The zero-order chi connectivity index (χ0) is 13.4. The largest absolute Gasteiger partial charge is 0.493 e. The fourth-order valence-electron chi connectivity index (χ4n) is 2.28. The predicted octanol–water partition coefficient (Wildman–Crippen LogP) is 2.63. The molecule has 1 aromatic carbocycles. The van der Waals surface area contributed by atoms with Crippen molar-refractivity contribution in [1.29, 1.82) is 0 Å². The van der Waals surface area contributed by atoms with Crippen molar-refractivity contribution in [3.63, 3.8) is 0 Å². The molecule has 0 atom stereocenters. The molecule has 0 aromatic heterocycles. The molecule has 2 aliphatic carbocycles. The summed E-state index contributed by atoms with van der Waals surface area (Å²) in [7, 11) is 1.39. The number of ketones is 2. The molecule has 3 rings (SSSR count). The van der Waals surface area contributed by atoms with Crippen molar-refractivity contribution in [1.82, 2.24) is 0 Å². The predicted molar refractivity (Wildman–Crippen MR) is 71.5 cm³/mol. The van der Waals surface area contributed by atoms with E-state index in [0.717, 1.165) is 5.56 Å². The third-order valence-electron chi connectivity index (χ3n) is 3.54. The zero-order valence-electron chi connectivity index (χ0n) is 10.7. The number of methoxy groups -OCH3 is 1. The molecule has 1 fully saturated rings. The minimum absolute atomic E-state index is 0.100. The van der Waals surface area contributed by atoms with Crippen LogP contribution in [0.5, 0.6) is 0 Å². The molecule has 19 heavy (non-hydrogen) atoms. The van der Waals surface area contributed by atoms with Crippen LogP contribution < -0.4 is 0 Å². The first-order valence-electron chi connectivity index (χ1n) is 6.35. The Kier molecular flexibility index (Phi) is 2.82. The van der Waals surface area contributed by atoms with Gasteiger partial charge in [-0.15, -0.1) is 0 Å². The van der Waals surface area contributed by atoms with Gasteiger partial charge in [-0.25, -0.2) is 0 Å². The summed E-state index contributed by atoms with van der Waals surface area (Å²) < 4.78 is 4.86. The van der Waals surface area contributed by atoms with Gasteiger partial charge in [0.25, 0.3) is 0 Å². The third-order valence-corrected chi connectivity index (χ3v) is 3.54. The van der Waals surface area contributed by atoms with E-state index in [-0.39, 0.29) is 17.3 Å². The van der Waals surface area contributed by atoms with Gasteiger partial charge in [-0.2, -0.15) is 0 Å². The fraction of sp³-hybridized carbons (Fsp3) is 0.250. The first-order valence-corrected chi connectivity index (χ1v) is 6.35. The number of allylic oxidation sites excluding steroid dienone is 3. The van der Waals surface area contributed by atoms with Gasteiger partial charge in [0.15, 0.2) is 11.5 Å². The van der Waals surface area contributed by atoms with Crippen molar-refractivity contribution in [2.75, 3.05) is 7.11 Å². The van der Waals surface area contributed by atoms with Crippen LogP contribution >= 0.6 is 0 Å². The Morgan fingerprint density at radius 2 is 1.68 bits per heavy atom. The van der Waals surface area contributed by atoms with Gasteiger partial charge in [-0.3, -0.25) is 9.59 Å². The van der Waals surface area contributed by atoms with E-state index in [2.05, 4.69) is 0 Å². The highest BCUT2D eigenvalue weighted by molar-refractivity contribution is 6.34. The summed E-state index contributed by atoms with van der Waals surface area (Å²) in [6.07, 6.45) is 5.11. The maximum absolute atomic E-state index is 12.0. The molecule has 0 saturated heterocycles. The molecule has 0 N–H and O–H groups in total. The molecule has 0 amide bonds. The number of hydrogen-bond acceptors (Lipinski definition) is 3. The van der Waals surface area contributed by atoms with Crippen molar-refractivity contribution in [3.05, 3.63) is 53.3 Å². The molecule has 3 nitrogen and oxygen atoms in total. The van der Waals surface area contributed by atoms with Crippen LogP contribution in [-0.2, 0) is 14.3 Å². The summed E-state index contributed by atoms with van der Waals surface area (Å²) in [5.41, 5.74) is 2.54. The number of ether oxygens (including phenoxy) is 1. The normalized spacial score (nSPS) is 19.0. The zero-order valence-corrected chi connectivity index (χ0v) is 10.7. The number of carbonyl (C=O) groups excluding carboxylic acids is 2. The molecule has 0 aliphatic heterocycles. The molecule has 0 unspecified atom stereocenters. The van der Waals surface area contributed by atoms with E-state index < -0.39 is 0 Å². The van der Waals surface area contributed by atoms with Crippen LogP contribution in [0.3, 0.4) is 0 Å². The molecule has 2 aliphatic rings. The van der Waals surface area contributed by atoms with Crippen LogP contribution in [0, 0.1) is 0 Å². The lowest BCUT2D eigenvalue weighted by molar-refractivity contribution is -0.116. The highest BCUT2D eigenvalue weighted by Crippen LogP contribution is 2.40. The van der Waals surface area contributed by atoms with Gasteiger partial charge in [0, 0.05) is 17.7 Å². The van der Waals surface area contributed by atoms with Crippen LogP contribution in [0.4, 0.5) is 0 Å². The Morgan fingerprint density at radius 1 is 1.00 bits per heavy atom. The van der Waals surface area contributed by atoms with Gasteiger partial charge in [0.1, 0.15) is 0 Å². The monoisotopic (exact) mass is 254 g/mol. The lowest BCUT2D eigenvalue weighted by Gasteiger charge is -2.11. The Hall–Kier alpha value is -2.16. The van der Waals surface area contributed by atoms with E-state index >= 15 is 0 Å². The standard InChI is InChI=1S/C16H14O3/c1-19-16-9-14(17)13(8-15(16)18)12-6-4-11(5-7-12)10-2-3-10/h4-10H,2-3H2,1H3. The van der Waals surface area contributed by atoms with E-state index in [0.29, 0.717) is 11.5 Å². The molecule has 0 heterocycles. The first-order chi connectivity index (χ1) is 9.19. The van der Waals surface area contributed by atoms with Crippen LogP contribution in [0.25, 0.3) is 5.57 Å². The average Bonchev–Trinajstić information content (AvgIpc) is 3.25. The van der Waals surface area contributed by atoms with Crippen LogP contribution in [0.2, 0.25) is 0 Å².